The molecule has 0 unspecified atom stereocenters. The molecule has 152 valence electrons. The molecule has 2 rings (SSSR count). The third kappa shape index (κ3) is 5.29. The van der Waals surface area contributed by atoms with E-state index in [2.05, 4.69) is 15.0 Å². The van der Waals surface area contributed by atoms with Gasteiger partial charge in [-0.2, -0.15) is 4.39 Å². The van der Waals surface area contributed by atoms with E-state index in [0.29, 0.717) is 6.07 Å². The molecule has 0 aliphatic heterocycles. The molecule has 0 aliphatic rings. The van der Waals surface area contributed by atoms with Crippen molar-refractivity contribution < 1.29 is 28.3 Å². The molecule has 0 saturated heterocycles. The third-order valence-corrected chi connectivity index (χ3v) is 3.55. The number of carbonyl (C=O) groups is 1. The Morgan fingerprint density at radius 2 is 2.03 bits per heavy atom. The number of aliphatic hydroxyl groups is 1. The Hall–Kier alpha value is -3.47. The lowest BCUT2D eigenvalue weighted by molar-refractivity contribution is -0.387. The first-order valence-electron chi connectivity index (χ1n) is 7.93. The highest BCUT2D eigenvalue weighted by molar-refractivity contribution is 6.29. The van der Waals surface area contributed by atoms with Crippen molar-refractivity contribution in [1.29, 1.82) is 0 Å². The maximum atomic E-state index is 14.1. The van der Waals surface area contributed by atoms with Crippen molar-refractivity contribution in [3.05, 3.63) is 62.1 Å². The van der Waals surface area contributed by atoms with Gasteiger partial charge in [0.1, 0.15) is 28.1 Å². The number of esters is 1. The van der Waals surface area contributed by atoms with Crippen molar-refractivity contribution >= 4 is 41.0 Å². The average molecular weight is 427 g/mol. The molecule has 29 heavy (non-hydrogen) atoms. The molecule has 0 fully saturated rings. The van der Waals surface area contributed by atoms with E-state index in [9.17, 15) is 28.8 Å². The summed E-state index contributed by atoms with van der Waals surface area (Å²) in [6.07, 6.45) is 0.820. The number of rotatable bonds is 6. The summed E-state index contributed by atoms with van der Waals surface area (Å²) in [5.74, 6) is -4.62. The summed E-state index contributed by atoms with van der Waals surface area (Å²) in [5.41, 5.74) is -2.52. The number of nitrogens with zero attached hydrogens (tertiary/aromatic N) is 4. The summed E-state index contributed by atoms with van der Waals surface area (Å²) < 4.78 is 32.5. The molecule has 1 heterocycles. The van der Waals surface area contributed by atoms with Crippen LogP contribution in [0.3, 0.4) is 0 Å². The Bertz CT molecular complexity index is 1020. The van der Waals surface area contributed by atoms with Crippen LogP contribution in [0.4, 0.5) is 20.3 Å². The molecule has 0 aliphatic carbocycles. The summed E-state index contributed by atoms with van der Waals surface area (Å²) in [6.45, 7) is 2.94. The lowest BCUT2D eigenvalue weighted by Crippen LogP contribution is -2.12. The number of hydrogen-bond acceptors (Lipinski definition) is 8. The van der Waals surface area contributed by atoms with Gasteiger partial charge in [0.2, 0.25) is 5.82 Å². The van der Waals surface area contributed by atoms with Crippen molar-refractivity contribution in [1.82, 2.24) is 9.97 Å². The smallest absolute Gasteiger partial charge is 0.343 e. The number of halogens is 3. The zero-order chi connectivity index (χ0) is 21.7. The van der Waals surface area contributed by atoms with Crippen LogP contribution in [0.2, 0.25) is 5.15 Å². The van der Waals surface area contributed by atoms with E-state index in [-0.39, 0.29) is 29.5 Å². The number of aryl methyl sites for hydroxylation is 1. The molecular formula is C17H13ClF2N4O5. The van der Waals surface area contributed by atoms with E-state index in [0.717, 1.165) is 6.21 Å². The van der Waals surface area contributed by atoms with Gasteiger partial charge in [-0.05, 0) is 13.8 Å². The normalized spacial score (nSPS) is 12.0. The fourth-order valence-corrected chi connectivity index (χ4v) is 2.36. The number of carbonyl (C=O) groups excluding carboxylic acids is 1. The topological polar surface area (TPSA) is 128 Å². The van der Waals surface area contributed by atoms with E-state index in [1.807, 2.05) is 0 Å². The summed E-state index contributed by atoms with van der Waals surface area (Å²) >= 11 is 5.79. The molecule has 12 heteroatoms. The number of hydrogen-bond donors (Lipinski definition) is 1. The van der Waals surface area contributed by atoms with E-state index < -0.39 is 45.1 Å². The summed E-state index contributed by atoms with van der Waals surface area (Å²) in [4.78, 5) is 33.6. The molecule has 9 nitrogen and oxygen atoms in total. The fraction of sp³-hybridized carbons (Fsp3) is 0.176. The van der Waals surface area contributed by atoms with Gasteiger partial charge in [-0.1, -0.05) is 11.6 Å². The van der Waals surface area contributed by atoms with Crippen LogP contribution >= 0.6 is 11.6 Å². The predicted molar refractivity (Wildman–Crippen MR) is 99.1 cm³/mol. The molecule has 0 bridgehead atoms. The minimum atomic E-state index is -1.44. The Balaban J connectivity index is 2.63. The zero-order valence-electron chi connectivity index (χ0n) is 15.0. The lowest BCUT2D eigenvalue weighted by Gasteiger charge is -2.08. The predicted octanol–water partition coefficient (Wildman–Crippen LogP) is 3.86. The van der Waals surface area contributed by atoms with Crippen molar-refractivity contribution in [2.45, 2.75) is 13.8 Å². The molecule has 2 aromatic rings. The van der Waals surface area contributed by atoms with Crippen molar-refractivity contribution in [2.75, 3.05) is 6.61 Å². The van der Waals surface area contributed by atoms with Gasteiger partial charge in [-0.25, -0.2) is 24.1 Å². The Labute approximate surface area is 167 Å². The SMILES string of the molecule is CCOC(=O)C(C=Nc1cc(Cl)nc(C)n1)=C(O)c1cc([N+](=O)[O-])c(F)cc1F. The van der Waals surface area contributed by atoms with Crippen molar-refractivity contribution in [2.24, 2.45) is 4.99 Å². The van der Waals surface area contributed by atoms with Crippen LogP contribution in [-0.2, 0) is 9.53 Å². The van der Waals surface area contributed by atoms with Gasteiger partial charge in [0.05, 0.1) is 17.1 Å². The number of benzene rings is 1. The first kappa shape index (κ1) is 21.8. The first-order chi connectivity index (χ1) is 13.6. The van der Waals surface area contributed by atoms with Crippen LogP contribution in [0.25, 0.3) is 5.76 Å². The largest absolute Gasteiger partial charge is 0.506 e. The van der Waals surface area contributed by atoms with Gasteiger partial charge in [0.15, 0.2) is 5.82 Å². The third-order valence-electron chi connectivity index (χ3n) is 3.36. The maximum absolute atomic E-state index is 14.1. The molecule has 1 aromatic carbocycles. The quantitative estimate of drug-likeness (QED) is 0.141. The molecule has 1 aromatic heterocycles. The number of nitro benzene ring substituents is 1. The second kappa shape index (κ2) is 9.15. The van der Waals surface area contributed by atoms with E-state index in [1.165, 1.54) is 19.9 Å². The standard InChI is InChI=1S/C17H13ClF2N4O5/c1-3-29-17(26)10(7-21-15-6-14(18)22-8(2)23-15)16(25)9-4-13(24(27)28)12(20)5-11(9)19/h4-7,25H,3H2,1-2H3. The highest BCUT2D eigenvalue weighted by Gasteiger charge is 2.24. The fourth-order valence-electron chi connectivity index (χ4n) is 2.14. The maximum Gasteiger partial charge on any atom is 0.343 e. The van der Waals surface area contributed by atoms with Crippen LogP contribution in [0.5, 0.6) is 0 Å². The first-order valence-corrected chi connectivity index (χ1v) is 8.31. The van der Waals surface area contributed by atoms with Crippen molar-refractivity contribution in [3.63, 3.8) is 0 Å². The highest BCUT2D eigenvalue weighted by atomic mass is 35.5. The van der Waals surface area contributed by atoms with E-state index >= 15 is 0 Å². The van der Waals surface area contributed by atoms with Gasteiger partial charge in [-0.3, -0.25) is 10.1 Å². The van der Waals surface area contributed by atoms with E-state index in [1.54, 1.807) is 0 Å². The number of aliphatic hydroxyl groups excluding tert-OH is 1. The zero-order valence-corrected chi connectivity index (χ0v) is 15.8. The molecular weight excluding hydrogens is 414 g/mol. The lowest BCUT2D eigenvalue weighted by atomic mass is 10.1. The van der Waals surface area contributed by atoms with Crippen molar-refractivity contribution in [3.8, 4) is 0 Å². The van der Waals surface area contributed by atoms with E-state index in [4.69, 9.17) is 16.3 Å². The Kier molecular flexibility index (Phi) is 6.89. The van der Waals surface area contributed by atoms with Gasteiger partial charge in [-0.15, -0.1) is 0 Å². The minimum absolute atomic E-state index is 0.0163. The number of ether oxygens (including phenoxy) is 1. The van der Waals surface area contributed by atoms with Gasteiger partial charge < -0.3 is 9.84 Å². The average Bonchev–Trinajstić information content (AvgIpc) is 2.60. The van der Waals surface area contributed by atoms with Gasteiger partial charge in [0.25, 0.3) is 0 Å². The second-order valence-corrected chi connectivity index (χ2v) is 5.76. The van der Waals surface area contributed by atoms with Gasteiger partial charge in [0, 0.05) is 24.4 Å². The molecule has 0 spiro atoms. The number of aromatic nitrogens is 2. The molecule has 0 amide bonds. The summed E-state index contributed by atoms with van der Waals surface area (Å²) in [6, 6.07) is 1.93. The molecule has 1 N–H and O–H groups in total. The minimum Gasteiger partial charge on any atom is -0.506 e. The highest BCUT2D eigenvalue weighted by Crippen LogP contribution is 2.27. The number of nitro groups is 1. The Morgan fingerprint density at radius 3 is 2.62 bits per heavy atom. The summed E-state index contributed by atoms with van der Waals surface area (Å²) in [5, 5.41) is 21.3. The Morgan fingerprint density at radius 1 is 1.34 bits per heavy atom. The number of aliphatic imine (C=N–C) groups is 1. The van der Waals surface area contributed by atoms with Gasteiger partial charge >= 0.3 is 11.7 Å². The van der Waals surface area contributed by atoms with Crippen LogP contribution in [0, 0.1) is 28.7 Å². The molecule has 0 saturated carbocycles. The summed E-state index contributed by atoms with van der Waals surface area (Å²) in [7, 11) is 0. The second-order valence-electron chi connectivity index (χ2n) is 5.38. The van der Waals surface area contributed by atoms with Crippen LogP contribution < -0.4 is 0 Å². The molecule has 0 atom stereocenters. The molecule has 0 radical (unpaired) electrons. The monoisotopic (exact) mass is 426 g/mol. The van der Waals surface area contributed by atoms with Crippen LogP contribution in [0.15, 0.2) is 28.8 Å². The van der Waals surface area contributed by atoms with Crippen LogP contribution in [-0.4, -0.2) is 38.8 Å². The van der Waals surface area contributed by atoms with Crippen LogP contribution in [0.1, 0.15) is 18.3 Å².